The Morgan fingerprint density at radius 2 is 1.63 bits per heavy atom. The normalized spacial score (nSPS) is 10.9. The second-order valence-electron chi connectivity index (χ2n) is 4.06. The quantitative estimate of drug-likeness (QED) is 0.512. The van der Waals surface area contributed by atoms with Crippen molar-refractivity contribution in [3.05, 3.63) is 42.6 Å². The topological polar surface area (TPSA) is 40.9 Å². The monoisotopic (exact) mass is 290 g/mol. The number of rotatable bonds is 4. The first-order chi connectivity index (χ1) is 9.19. The van der Waals surface area contributed by atoms with Gasteiger partial charge in [0.05, 0.1) is 11.9 Å². The lowest BCUT2D eigenvalue weighted by molar-refractivity contribution is 1.11. The maximum Gasteiger partial charge on any atom is 0.106 e. The highest BCUT2D eigenvalue weighted by molar-refractivity contribution is 8.68. The second kappa shape index (κ2) is 6.58. The highest BCUT2D eigenvalue weighted by Gasteiger charge is 1.96. The molecule has 0 fully saturated rings. The van der Waals surface area contributed by atoms with Crippen LogP contribution in [0.3, 0.4) is 0 Å². The molecule has 0 saturated heterocycles. The third-order valence-corrected chi connectivity index (χ3v) is 3.45. The average Bonchev–Trinajstić information content (AvgIpc) is 2.46. The van der Waals surface area contributed by atoms with Gasteiger partial charge in [0.15, 0.2) is 0 Å². The summed E-state index contributed by atoms with van der Waals surface area (Å²) >= 11 is 4.08. The lowest BCUT2D eigenvalue weighted by Gasteiger charge is -2.11. The van der Waals surface area contributed by atoms with Crippen LogP contribution < -0.4 is 4.90 Å². The van der Waals surface area contributed by atoms with Crippen molar-refractivity contribution < 1.29 is 0 Å². The zero-order valence-corrected chi connectivity index (χ0v) is 12.4. The molecule has 19 heavy (non-hydrogen) atoms. The molecule has 0 atom stereocenters. The summed E-state index contributed by atoms with van der Waals surface area (Å²) < 4.78 is 0. The molecule has 98 valence electrons. The Bertz CT molecular complexity index is 550. The third-order valence-electron chi connectivity index (χ3n) is 2.46. The van der Waals surface area contributed by atoms with Gasteiger partial charge in [0, 0.05) is 19.8 Å². The molecule has 0 radical (unpaired) electrons. The van der Waals surface area contributed by atoms with Gasteiger partial charge in [0.25, 0.3) is 0 Å². The largest absolute Gasteiger partial charge is 0.378 e. The van der Waals surface area contributed by atoms with Crippen molar-refractivity contribution in [3.8, 4) is 0 Å². The number of nitrogens with zero attached hydrogens (tertiary/aromatic N) is 4. The van der Waals surface area contributed by atoms with Gasteiger partial charge in [-0.1, -0.05) is 0 Å². The van der Waals surface area contributed by atoms with Gasteiger partial charge in [-0.15, -0.1) is 16.8 Å². The fourth-order valence-electron chi connectivity index (χ4n) is 1.42. The summed E-state index contributed by atoms with van der Waals surface area (Å²) in [6.07, 6.45) is 1.68. The molecule has 0 aliphatic rings. The number of hydrogen-bond donors (Lipinski definition) is 1. The number of hydrogen-bond acceptors (Lipinski definition) is 6. The summed E-state index contributed by atoms with van der Waals surface area (Å²) in [4.78, 5) is 6.21. The zero-order chi connectivity index (χ0) is 13.7. The minimum atomic E-state index is 0.725. The summed E-state index contributed by atoms with van der Waals surface area (Å²) in [6, 6.07) is 11.6. The molecule has 0 aliphatic heterocycles. The van der Waals surface area contributed by atoms with E-state index >= 15 is 0 Å². The molecular formula is C13H14N4S2. The summed E-state index contributed by atoms with van der Waals surface area (Å²) in [5.74, 6) is 0. The van der Waals surface area contributed by atoms with E-state index in [2.05, 4.69) is 26.9 Å². The van der Waals surface area contributed by atoms with Crippen LogP contribution in [0.5, 0.6) is 0 Å². The molecule has 1 heterocycles. The molecule has 6 heteroatoms. The molecule has 4 nitrogen and oxygen atoms in total. The molecule has 2 aromatic rings. The van der Waals surface area contributed by atoms with Crippen molar-refractivity contribution >= 4 is 39.5 Å². The number of pyridine rings is 1. The molecule has 0 saturated carbocycles. The number of anilines is 1. The van der Waals surface area contributed by atoms with E-state index in [-0.39, 0.29) is 0 Å². The highest BCUT2D eigenvalue weighted by atomic mass is 33.1. The molecule has 0 N–H and O–H groups in total. The Hall–Kier alpha value is -1.53. The first-order valence-corrected chi connectivity index (χ1v) is 7.52. The van der Waals surface area contributed by atoms with E-state index in [9.17, 15) is 0 Å². The van der Waals surface area contributed by atoms with Crippen LogP contribution in [0.15, 0.2) is 57.8 Å². The van der Waals surface area contributed by atoms with Crippen LogP contribution in [0.1, 0.15) is 0 Å². The van der Waals surface area contributed by atoms with Crippen molar-refractivity contribution in [3.63, 3.8) is 0 Å². The minimum absolute atomic E-state index is 0.725. The van der Waals surface area contributed by atoms with Crippen molar-refractivity contribution in [1.82, 2.24) is 4.98 Å². The molecule has 0 unspecified atom stereocenters. The molecular weight excluding hydrogens is 276 g/mol. The van der Waals surface area contributed by atoms with Crippen LogP contribution in [0, 0.1) is 0 Å². The summed E-state index contributed by atoms with van der Waals surface area (Å²) in [5.41, 5.74) is 2.68. The predicted molar refractivity (Wildman–Crippen MR) is 84.0 cm³/mol. The van der Waals surface area contributed by atoms with E-state index in [1.54, 1.807) is 6.20 Å². The second-order valence-corrected chi connectivity index (χ2v) is 5.21. The van der Waals surface area contributed by atoms with Crippen LogP contribution in [0.25, 0.3) is 0 Å². The van der Waals surface area contributed by atoms with Crippen molar-refractivity contribution in [1.29, 1.82) is 0 Å². The molecule has 1 aromatic carbocycles. The lowest BCUT2D eigenvalue weighted by atomic mass is 10.3. The molecule has 0 aliphatic carbocycles. The van der Waals surface area contributed by atoms with E-state index in [1.807, 2.05) is 55.4 Å². The number of benzene rings is 1. The molecule has 2 rings (SSSR count). The zero-order valence-electron chi connectivity index (χ0n) is 10.7. The Balaban J connectivity index is 2.08. The van der Waals surface area contributed by atoms with Crippen LogP contribution in [-0.2, 0) is 0 Å². The summed E-state index contributed by atoms with van der Waals surface area (Å²) in [7, 11) is 5.31. The van der Waals surface area contributed by atoms with Crippen LogP contribution in [0.2, 0.25) is 0 Å². The Morgan fingerprint density at radius 1 is 1.00 bits per heavy atom. The first kappa shape index (κ1) is 13.9. The van der Waals surface area contributed by atoms with Gasteiger partial charge in [-0.3, -0.25) is 0 Å². The summed E-state index contributed by atoms with van der Waals surface area (Å²) in [5, 5.41) is 9.16. The SMILES string of the molecule is CN(C)c1ccc(N=Nc2ccc(SS)nc2)cc1. The summed E-state index contributed by atoms with van der Waals surface area (Å²) in [6.45, 7) is 0. The van der Waals surface area contributed by atoms with Crippen molar-refractivity contribution in [2.75, 3.05) is 19.0 Å². The van der Waals surface area contributed by atoms with Gasteiger partial charge in [0.1, 0.15) is 10.7 Å². The third kappa shape index (κ3) is 3.97. The standard InChI is InChI=1S/C13H14N4S2/c1-17(2)12-6-3-10(4-7-12)15-16-11-5-8-13(19-18)14-9-11/h3-9,18H,1-2H3. The van der Waals surface area contributed by atoms with Gasteiger partial charge >= 0.3 is 0 Å². The molecule has 1 aromatic heterocycles. The van der Waals surface area contributed by atoms with Gasteiger partial charge in [0.2, 0.25) is 0 Å². The van der Waals surface area contributed by atoms with E-state index in [1.165, 1.54) is 10.8 Å². The van der Waals surface area contributed by atoms with Gasteiger partial charge < -0.3 is 4.90 Å². The maximum atomic E-state index is 4.17. The Kier molecular flexibility index (Phi) is 4.81. The highest BCUT2D eigenvalue weighted by Crippen LogP contribution is 2.23. The van der Waals surface area contributed by atoms with Crippen molar-refractivity contribution in [2.24, 2.45) is 10.2 Å². The molecule has 0 bridgehead atoms. The van der Waals surface area contributed by atoms with Gasteiger partial charge in [-0.05, 0) is 47.2 Å². The molecule has 0 amide bonds. The van der Waals surface area contributed by atoms with Crippen LogP contribution in [-0.4, -0.2) is 19.1 Å². The fraction of sp³-hybridized carbons (Fsp3) is 0.154. The number of aromatic nitrogens is 1. The minimum Gasteiger partial charge on any atom is -0.378 e. The Morgan fingerprint density at radius 3 is 2.16 bits per heavy atom. The van der Waals surface area contributed by atoms with E-state index < -0.39 is 0 Å². The predicted octanol–water partition coefficient (Wildman–Crippen LogP) is 4.50. The van der Waals surface area contributed by atoms with Gasteiger partial charge in [-0.2, -0.15) is 5.11 Å². The molecule has 0 spiro atoms. The van der Waals surface area contributed by atoms with Crippen molar-refractivity contribution in [2.45, 2.75) is 5.03 Å². The fourth-order valence-corrected chi connectivity index (χ4v) is 1.97. The Labute approximate surface area is 121 Å². The number of azo groups is 1. The van der Waals surface area contributed by atoms with E-state index in [0.29, 0.717) is 0 Å². The average molecular weight is 290 g/mol. The van der Waals surface area contributed by atoms with E-state index in [0.717, 1.165) is 22.1 Å². The smallest absolute Gasteiger partial charge is 0.106 e. The lowest BCUT2D eigenvalue weighted by Crippen LogP contribution is -2.07. The number of thiol groups is 1. The van der Waals surface area contributed by atoms with E-state index in [4.69, 9.17) is 0 Å². The van der Waals surface area contributed by atoms with Gasteiger partial charge in [-0.25, -0.2) is 4.98 Å². The van der Waals surface area contributed by atoms with Crippen LogP contribution >= 0.6 is 22.5 Å². The first-order valence-electron chi connectivity index (χ1n) is 5.65. The van der Waals surface area contributed by atoms with Crippen LogP contribution in [0.4, 0.5) is 17.1 Å². The maximum absolute atomic E-state index is 4.17.